The lowest BCUT2D eigenvalue weighted by Crippen LogP contribution is -2.40. The normalized spacial score (nSPS) is 23.1. The standard InChI is InChI=1S/C15H22N2O2/c1-15(2,3)19-14(18)17-12-9-13(16-10-12)11-7-5-4-6-8-11/h4-8,12-13,16H,9-10H2,1-3H3,(H,17,18)/t12-,13+/m0/s1. The molecule has 4 nitrogen and oxygen atoms in total. The van der Waals surface area contributed by atoms with E-state index < -0.39 is 5.60 Å². The van der Waals surface area contributed by atoms with E-state index >= 15 is 0 Å². The Balaban J connectivity index is 1.84. The van der Waals surface area contributed by atoms with Crippen LogP contribution in [0.4, 0.5) is 4.79 Å². The molecule has 2 rings (SSSR count). The third-order valence-corrected chi connectivity index (χ3v) is 3.05. The maximum absolute atomic E-state index is 11.7. The van der Waals surface area contributed by atoms with Gasteiger partial charge in [0.15, 0.2) is 0 Å². The van der Waals surface area contributed by atoms with Gasteiger partial charge >= 0.3 is 6.09 Å². The summed E-state index contributed by atoms with van der Waals surface area (Å²) in [6.45, 7) is 6.38. The third-order valence-electron chi connectivity index (χ3n) is 3.05. The number of ether oxygens (including phenoxy) is 1. The summed E-state index contributed by atoms with van der Waals surface area (Å²) in [4.78, 5) is 11.7. The van der Waals surface area contributed by atoms with Gasteiger partial charge in [-0.05, 0) is 32.8 Å². The number of hydrogen-bond acceptors (Lipinski definition) is 3. The summed E-state index contributed by atoms with van der Waals surface area (Å²) in [6, 6.07) is 10.7. The van der Waals surface area contributed by atoms with Crippen LogP contribution in [0, 0.1) is 0 Å². The highest BCUT2D eigenvalue weighted by Crippen LogP contribution is 2.23. The van der Waals surface area contributed by atoms with Crippen LogP contribution in [0.5, 0.6) is 0 Å². The SMILES string of the molecule is CC(C)(C)OC(=O)N[C@@H]1CN[C@@H](c2ccccc2)C1. The number of alkyl carbamates (subject to hydrolysis) is 1. The zero-order chi connectivity index (χ0) is 13.9. The van der Waals surface area contributed by atoms with Gasteiger partial charge in [0.25, 0.3) is 0 Å². The van der Waals surface area contributed by atoms with Crippen LogP contribution < -0.4 is 10.6 Å². The molecule has 1 saturated heterocycles. The molecule has 0 unspecified atom stereocenters. The molecule has 0 aliphatic carbocycles. The number of hydrogen-bond donors (Lipinski definition) is 2. The summed E-state index contributed by atoms with van der Waals surface area (Å²) >= 11 is 0. The van der Waals surface area contributed by atoms with Gasteiger partial charge in [-0.3, -0.25) is 0 Å². The first-order valence-electron chi connectivity index (χ1n) is 6.72. The summed E-state index contributed by atoms with van der Waals surface area (Å²) in [5.41, 5.74) is 0.811. The minimum atomic E-state index is -0.449. The van der Waals surface area contributed by atoms with Crippen molar-refractivity contribution in [1.29, 1.82) is 0 Å². The Hall–Kier alpha value is -1.55. The lowest BCUT2D eigenvalue weighted by atomic mass is 10.0. The van der Waals surface area contributed by atoms with Crippen molar-refractivity contribution in [3.8, 4) is 0 Å². The van der Waals surface area contributed by atoms with Crippen molar-refractivity contribution in [3.63, 3.8) is 0 Å². The van der Waals surface area contributed by atoms with Gasteiger partial charge in [0, 0.05) is 18.6 Å². The van der Waals surface area contributed by atoms with E-state index in [1.54, 1.807) is 0 Å². The fourth-order valence-electron chi connectivity index (χ4n) is 2.26. The van der Waals surface area contributed by atoms with Gasteiger partial charge < -0.3 is 15.4 Å². The Kier molecular flexibility index (Phi) is 4.10. The first-order valence-corrected chi connectivity index (χ1v) is 6.72. The lowest BCUT2D eigenvalue weighted by molar-refractivity contribution is 0.0508. The molecule has 1 heterocycles. The molecule has 2 atom stereocenters. The molecule has 1 fully saturated rings. The van der Waals surface area contributed by atoms with E-state index in [0.29, 0.717) is 6.04 Å². The molecule has 2 N–H and O–H groups in total. The Labute approximate surface area is 114 Å². The van der Waals surface area contributed by atoms with Crippen LogP contribution in [0.1, 0.15) is 38.8 Å². The first kappa shape index (κ1) is 13.9. The topological polar surface area (TPSA) is 50.4 Å². The van der Waals surface area contributed by atoms with Crippen LogP contribution in [0.25, 0.3) is 0 Å². The second-order valence-corrected chi connectivity index (χ2v) is 5.95. The Morgan fingerprint density at radius 1 is 1.32 bits per heavy atom. The van der Waals surface area contributed by atoms with Gasteiger partial charge in [-0.2, -0.15) is 0 Å². The summed E-state index contributed by atoms with van der Waals surface area (Å²) in [6.07, 6.45) is 0.552. The van der Waals surface area contributed by atoms with Crippen molar-refractivity contribution in [1.82, 2.24) is 10.6 Å². The van der Waals surface area contributed by atoms with E-state index in [9.17, 15) is 4.79 Å². The Morgan fingerprint density at radius 2 is 2.00 bits per heavy atom. The fourth-order valence-corrected chi connectivity index (χ4v) is 2.26. The van der Waals surface area contributed by atoms with E-state index in [4.69, 9.17) is 4.74 Å². The highest BCUT2D eigenvalue weighted by Gasteiger charge is 2.27. The minimum Gasteiger partial charge on any atom is -0.444 e. The predicted octanol–water partition coefficient (Wildman–Crippen LogP) is 2.61. The molecule has 4 heteroatoms. The van der Waals surface area contributed by atoms with Crippen molar-refractivity contribution < 1.29 is 9.53 Å². The molecule has 1 amide bonds. The van der Waals surface area contributed by atoms with Gasteiger partial charge in [-0.1, -0.05) is 30.3 Å². The van der Waals surface area contributed by atoms with Crippen molar-refractivity contribution in [2.75, 3.05) is 6.54 Å². The summed E-state index contributed by atoms with van der Waals surface area (Å²) in [5.74, 6) is 0. The van der Waals surface area contributed by atoms with Gasteiger partial charge in [0.1, 0.15) is 5.60 Å². The third kappa shape index (κ3) is 4.24. The molecule has 19 heavy (non-hydrogen) atoms. The number of carbonyl (C=O) groups is 1. The second kappa shape index (κ2) is 5.61. The Bertz CT molecular complexity index is 426. The van der Waals surface area contributed by atoms with Crippen molar-refractivity contribution in [3.05, 3.63) is 35.9 Å². The monoisotopic (exact) mass is 262 g/mol. The maximum Gasteiger partial charge on any atom is 0.407 e. The van der Waals surface area contributed by atoms with E-state index in [0.717, 1.165) is 13.0 Å². The van der Waals surface area contributed by atoms with Gasteiger partial charge in [0.05, 0.1) is 0 Å². The summed E-state index contributed by atoms with van der Waals surface area (Å²) in [5, 5.41) is 6.33. The van der Waals surface area contributed by atoms with E-state index in [2.05, 4.69) is 22.8 Å². The molecule has 0 aromatic heterocycles. The van der Waals surface area contributed by atoms with Crippen molar-refractivity contribution >= 4 is 6.09 Å². The molecule has 1 aliphatic rings. The first-order chi connectivity index (χ1) is 8.94. The van der Waals surface area contributed by atoms with Crippen LogP contribution in [0.15, 0.2) is 30.3 Å². The number of rotatable bonds is 2. The minimum absolute atomic E-state index is 0.125. The second-order valence-electron chi connectivity index (χ2n) is 5.95. The lowest BCUT2D eigenvalue weighted by Gasteiger charge is -2.21. The molecule has 0 saturated carbocycles. The molecular formula is C15H22N2O2. The van der Waals surface area contributed by atoms with Gasteiger partial charge in [0.2, 0.25) is 0 Å². The van der Waals surface area contributed by atoms with Gasteiger partial charge in [-0.25, -0.2) is 4.79 Å². The number of nitrogens with one attached hydrogen (secondary N) is 2. The molecule has 104 valence electrons. The largest absolute Gasteiger partial charge is 0.444 e. The zero-order valence-corrected chi connectivity index (χ0v) is 11.8. The van der Waals surface area contributed by atoms with Crippen LogP contribution in [0.3, 0.4) is 0 Å². The zero-order valence-electron chi connectivity index (χ0n) is 11.8. The summed E-state index contributed by atoms with van der Waals surface area (Å²) in [7, 11) is 0. The Morgan fingerprint density at radius 3 is 2.63 bits per heavy atom. The molecular weight excluding hydrogens is 240 g/mol. The number of carbonyl (C=O) groups excluding carboxylic acids is 1. The molecule has 0 spiro atoms. The highest BCUT2D eigenvalue weighted by molar-refractivity contribution is 5.68. The predicted molar refractivity (Wildman–Crippen MR) is 75.0 cm³/mol. The highest BCUT2D eigenvalue weighted by atomic mass is 16.6. The molecule has 1 aromatic carbocycles. The van der Waals surface area contributed by atoms with E-state index in [1.165, 1.54) is 5.56 Å². The summed E-state index contributed by atoms with van der Waals surface area (Å²) < 4.78 is 5.26. The van der Waals surface area contributed by atoms with Crippen LogP contribution in [0.2, 0.25) is 0 Å². The molecule has 0 radical (unpaired) electrons. The molecule has 1 aromatic rings. The van der Waals surface area contributed by atoms with Crippen LogP contribution >= 0.6 is 0 Å². The van der Waals surface area contributed by atoms with Crippen LogP contribution in [-0.2, 0) is 4.74 Å². The average Bonchev–Trinajstić information content (AvgIpc) is 2.76. The quantitative estimate of drug-likeness (QED) is 0.861. The maximum atomic E-state index is 11.7. The average molecular weight is 262 g/mol. The smallest absolute Gasteiger partial charge is 0.407 e. The van der Waals surface area contributed by atoms with Crippen molar-refractivity contribution in [2.24, 2.45) is 0 Å². The van der Waals surface area contributed by atoms with Crippen LogP contribution in [-0.4, -0.2) is 24.3 Å². The van der Waals surface area contributed by atoms with Crippen molar-refractivity contribution in [2.45, 2.75) is 44.9 Å². The molecule has 1 aliphatic heterocycles. The van der Waals surface area contributed by atoms with E-state index in [-0.39, 0.29) is 12.1 Å². The molecule has 0 bridgehead atoms. The number of benzene rings is 1. The van der Waals surface area contributed by atoms with E-state index in [1.807, 2.05) is 39.0 Å². The van der Waals surface area contributed by atoms with Gasteiger partial charge in [-0.15, -0.1) is 0 Å². The number of amides is 1. The fraction of sp³-hybridized carbons (Fsp3) is 0.533.